The molecule has 0 bridgehead atoms. The molecule has 1 saturated heterocycles. The van der Waals surface area contributed by atoms with E-state index in [4.69, 9.17) is 23.2 Å². The van der Waals surface area contributed by atoms with Gasteiger partial charge in [0.2, 0.25) is 15.9 Å². The fraction of sp³-hybridized carbons (Fsp3) is 0.333. The van der Waals surface area contributed by atoms with E-state index in [9.17, 15) is 13.2 Å². The number of sulfonamides is 1. The second-order valence-electron chi connectivity index (χ2n) is 6.30. The number of aromatic nitrogens is 1. The lowest BCUT2D eigenvalue weighted by molar-refractivity contribution is -0.124. The summed E-state index contributed by atoms with van der Waals surface area (Å²) in [6, 6.07) is 8.43. The van der Waals surface area contributed by atoms with Crippen molar-refractivity contribution in [2.45, 2.75) is 36.7 Å². The van der Waals surface area contributed by atoms with Crippen LogP contribution in [0.15, 0.2) is 47.5 Å². The summed E-state index contributed by atoms with van der Waals surface area (Å²) >= 11 is 11.7. The number of rotatable bonds is 5. The van der Waals surface area contributed by atoms with Crippen LogP contribution in [0, 0.1) is 0 Å². The highest BCUT2D eigenvalue weighted by Gasteiger charge is 2.36. The van der Waals surface area contributed by atoms with E-state index in [1.165, 1.54) is 34.8 Å². The van der Waals surface area contributed by atoms with Gasteiger partial charge in [-0.1, -0.05) is 29.3 Å². The van der Waals surface area contributed by atoms with Gasteiger partial charge < -0.3 is 5.32 Å². The van der Waals surface area contributed by atoms with Crippen molar-refractivity contribution in [1.29, 1.82) is 0 Å². The van der Waals surface area contributed by atoms with Gasteiger partial charge in [0.05, 0.1) is 4.90 Å². The van der Waals surface area contributed by atoms with E-state index in [0.717, 1.165) is 12.8 Å². The van der Waals surface area contributed by atoms with Gasteiger partial charge in [0.1, 0.15) is 11.2 Å². The molecular weight excluding hydrogens is 409 g/mol. The first kappa shape index (κ1) is 20.1. The van der Waals surface area contributed by atoms with Gasteiger partial charge in [-0.15, -0.1) is 0 Å². The van der Waals surface area contributed by atoms with Gasteiger partial charge in [-0.2, -0.15) is 4.31 Å². The van der Waals surface area contributed by atoms with Crippen LogP contribution in [0.3, 0.4) is 0 Å². The Labute approximate surface area is 168 Å². The first-order valence-corrected chi connectivity index (χ1v) is 10.7. The Kier molecular flexibility index (Phi) is 6.37. The van der Waals surface area contributed by atoms with Crippen LogP contribution in [0.1, 0.15) is 24.8 Å². The number of hydrogen-bond donors (Lipinski definition) is 1. The van der Waals surface area contributed by atoms with Crippen molar-refractivity contribution in [2.75, 3.05) is 6.54 Å². The molecule has 0 aliphatic carbocycles. The molecule has 1 aromatic carbocycles. The fourth-order valence-electron chi connectivity index (χ4n) is 2.98. The van der Waals surface area contributed by atoms with Crippen molar-refractivity contribution in [1.82, 2.24) is 14.6 Å². The minimum atomic E-state index is -3.92. The summed E-state index contributed by atoms with van der Waals surface area (Å²) in [5, 5.41) is 3.56. The Morgan fingerprint density at radius 2 is 1.85 bits per heavy atom. The number of nitrogens with one attached hydrogen (secondary N) is 1. The van der Waals surface area contributed by atoms with E-state index >= 15 is 0 Å². The smallest absolute Gasteiger partial charge is 0.244 e. The molecule has 9 heteroatoms. The van der Waals surface area contributed by atoms with Crippen LogP contribution in [0.5, 0.6) is 0 Å². The molecular formula is C18H19Cl2N3O3S. The van der Waals surface area contributed by atoms with Crippen molar-refractivity contribution >= 4 is 39.1 Å². The highest BCUT2D eigenvalue weighted by atomic mass is 35.5. The van der Waals surface area contributed by atoms with E-state index < -0.39 is 16.1 Å². The van der Waals surface area contributed by atoms with Gasteiger partial charge in [-0.25, -0.2) is 13.4 Å². The molecule has 1 atom stereocenters. The zero-order chi connectivity index (χ0) is 19.4. The second kappa shape index (κ2) is 8.56. The largest absolute Gasteiger partial charge is 0.355 e. The average molecular weight is 428 g/mol. The molecule has 1 aliphatic rings. The van der Waals surface area contributed by atoms with E-state index in [1.807, 2.05) is 0 Å². The molecule has 6 nitrogen and oxygen atoms in total. The normalized spacial score (nSPS) is 18.2. The first-order chi connectivity index (χ1) is 12.9. The van der Waals surface area contributed by atoms with Crippen LogP contribution in [0.4, 0.5) is 0 Å². The highest BCUT2D eigenvalue weighted by molar-refractivity contribution is 7.89. The maximum Gasteiger partial charge on any atom is 0.244 e. The Bertz CT molecular complexity index is 902. The molecule has 2 heterocycles. The van der Waals surface area contributed by atoms with Crippen LogP contribution in [0.2, 0.25) is 10.2 Å². The standard InChI is InChI=1S/C18H19Cl2N3O3S/c19-14-5-7-15(8-6-14)27(25,26)23(12-13-4-9-17(20)22-11-13)16-3-1-2-10-21-18(16)24/h4-9,11,16H,1-3,10,12H2,(H,21,24)/t16-/m1/s1. The lowest BCUT2D eigenvalue weighted by Crippen LogP contribution is -2.48. The molecule has 27 heavy (non-hydrogen) atoms. The molecule has 1 aliphatic heterocycles. The number of benzene rings is 1. The predicted molar refractivity (Wildman–Crippen MR) is 104 cm³/mol. The van der Waals surface area contributed by atoms with E-state index in [-0.39, 0.29) is 17.3 Å². The number of halogens is 2. The number of carbonyl (C=O) groups is 1. The highest BCUT2D eigenvalue weighted by Crippen LogP contribution is 2.26. The van der Waals surface area contributed by atoms with Crippen molar-refractivity contribution in [3.63, 3.8) is 0 Å². The van der Waals surface area contributed by atoms with Crippen LogP contribution in [-0.2, 0) is 21.4 Å². The number of hydrogen-bond acceptors (Lipinski definition) is 4. The van der Waals surface area contributed by atoms with Crippen molar-refractivity contribution in [2.24, 2.45) is 0 Å². The number of amides is 1. The Morgan fingerprint density at radius 3 is 2.52 bits per heavy atom. The Hall–Kier alpha value is -1.67. The van der Waals surface area contributed by atoms with Gasteiger partial charge in [0, 0.05) is 24.3 Å². The SMILES string of the molecule is O=C1NCCCC[C@H]1N(Cc1ccc(Cl)nc1)S(=O)(=O)c1ccc(Cl)cc1. The third-order valence-corrected chi connectivity index (χ3v) is 6.75. The Morgan fingerprint density at radius 1 is 1.11 bits per heavy atom. The van der Waals surface area contributed by atoms with Gasteiger partial charge in [-0.05, 0) is 55.2 Å². The lowest BCUT2D eigenvalue weighted by Gasteiger charge is -2.29. The summed E-state index contributed by atoms with van der Waals surface area (Å²) in [7, 11) is -3.92. The maximum atomic E-state index is 13.3. The second-order valence-corrected chi connectivity index (χ2v) is 9.01. The summed E-state index contributed by atoms with van der Waals surface area (Å²) in [5.41, 5.74) is 0.647. The molecule has 1 aromatic heterocycles. The van der Waals surface area contributed by atoms with E-state index in [2.05, 4.69) is 10.3 Å². The quantitative estimate of drug-likeness (QED) is 0.742. The monoisotopic (exact) mass is 427 g/mol. The van der Waals surface area contributed by atoms with Crippen LogP contribution in [-0.4, -0.2) is 36.2 Å². The summed E-state index contributed by atoms with van der Waals surface area (Å²) in [6.07, 6.45) is 3.55. The summed E-state index contributed by atoms with van der Waals surface area (Å²) in [6.45, 7) is 0.569. The summed E-state index contributed by atoms with van der Waals surface area (Å²) in [5.74, 6) is -0.285. The third-order valence-electron chi connectivity index (χ3n) is 4.40. The van der Waals surface area contributed by atoms with E-state index in [0.29, 0.717) is 28.7 Å². The number of pyridine rings is 1. The summed E-state index contributed by atoms with van der Waals surface area (Å²) in [4.78, 5) is 16.7. The van der Waals surface area contributed by atoms with Gasteiger partial charge in [0.25, 0.3) is 0 Å². The molecule has 0 unspecified atom stereocenters. The molecule has 144 valence electrons. The minimum absolute atomic E-state index is 0.0210. The van der Waals surface area contributed by atoms with Crippen molar-refractivity contribution in [3.8, 4) is 0 Å². The van der Waals surface area contributed by atoms with Crippen molar-refractivity contribution < 1.29 is 13.2 Å². The molecule has 1 N–H and O–H groups in total. The third kappa shape index (κ3) is 4.79. The first-order valence-electron chi connectivity index (χ1n) is 8.53. The van der Waals surface area contributed by atoms with Crippen LogP contribution >= 0.6 is 23.2 Å². The Balaban J connectivity index is 2.01. The lowest BCUT2D eigenvalue weighted by atomic mass is 10.1. The number of nitrogens with zero attached hydrogens (tertiary/aromatic N) is 2. The predicted octanol–water partition coefficient (Wildman–Crippen LogP) is 3.25. The zero-order valence-electron chi connectivity index (χ0n) is 14.4. The minimum Gasteiger partial charge on any atom is -0.355 e. The summed E-state index contributed by atoms with van der Waals surface area (Å²) < 4.78 is 27.9. The number of carbonyl (C=O) groups excluding carboxylic acids is 1. The zero-order valence-corrected chi connectivity index (χ0v) is 16.8. The molecule has 1 fully saturated rings. The molecule has 2 aromatic rings. The van der Waals surface area contributed by atoms with Crippen LogP contribution in [0.25, 0.3) is 0 Å². The maximum absolute atomic E-state index is 13.3. The molecule has 0 saturated carbocycles. The van der Waals surface area contributed by atoms with Crippen molar-refractivity contribution in [3.05, 3.63) is 58.3 Å². The molecule has 0 spiro atoms. The molecule has 0 radical (unpaired) electrons. The van der Waals surface area contributed by atoms with Gasteiger partial charge >= 0.3 is 0 Å². The van der Waals surface area contributed by atoms with Gasteiger partial charge in [-0.3, -0.25) is 4.79 Å². The molecule has 3 rings (SSSR count). The van der Waals surface area contributed by atoms with Crippen LogP contribution < -0.4 is 5.32 Å². The van der Waals surface area contributed by atoms with Gasteiger partial charge in [0.15, 0.2) is 0 Å². The fourth-order valence-corrected chi connectivity index (χ4v) is 4.83. The average Bonchev–Trinajstić information content (AvgIpc) is 2.86. The topological polar surface area (TPSA) is 79.4 Å². The van der Waals surface area contributed by atoms with E-state index in [1.54, 1.807) is 12.1 Å². The molecule has 1 amide bonds.